The highest BCUT2D eigenvalue weighted by molar-refractivity contribution is 7.14. The number of methoxy groups -OCH3 is 3. The molecule has 0 radical (unpaired) electrons. The molecule has 1 amide bonds. The van der Waals surface area contributed by atoms with Crippen LogP contribution in [0.3, 0.4) is 0 Å². The molecule has 1 atom stereocenters. The van der Waals surface area contributed by atoms with Gasteiger partial charge in [0.25, 0.3) is 5.91 Å². The predicted molar refractivity (Wildman–Crippen MR) is 137 cm³/mol. The Morgan fingerprint density at radius 3 is 2.54 bits per heavy atom. The minimum absolute atomic E-state index is 0.0354. The molecular weight excluding hydrogens is 497 g/mol. The van der Waals surface area contributed by atoms with Gasteiger partial charge in [-0.25, -0.2) is 4.39 Å². The third kappa shape index (κ3) is 4.86. The number of nitrogens with one attached hydrogen (secondary N) is 1. The van der Waals surface area contributed by atoms with Gasteiger partial charge < -0.3 is 19.1 Å². The van der Waals surface area contributed by atoms with E-state index >= 15 is 0 Å². The van der Waals surface area contributed by atoms with Crippen LogP contribution in [0.5, 0.6) is 17.2 Å². The fourth-order valence-electron chi connectivity index (χ4n) is 4.48. The number of carbonyl (C=O) groups excluding carboxylic acids is 1. The quantitative estimate of drug-likeness (QED) is 0.372. The monoisotopic (exact) mass is 523 g/mol. The molecular formula is C26H26FN5O4S. The van der Waals surface area contributed by atoms with Gasteiger partial charge in [-0.05, 0) is 43.2 Å². The van der Waals surface area contributed by atoms with Crippen LogP contribution in [0.15, 0.2) is 42.5 Å². The minimum Gasteiger partial charge on any atom is -0.493 e. The van der Waals surface area contributed by atoms with E-state index in [1.54, 1.807) is 62.6 Å². The highest BCUT2D eigenvalue weighted by atomic mass is 32.1. The van der Waals surface area contributed by atoms with Crippen molar-refractivity contribution in [1.29, 1.82) is 0 Å². The smallest absolute Gasteiger partial charge is 0.271 e. The second kappa shape index (κ2) is 10.6. The molecule has 3 heterocycles. The van der Waals surface area contributed by atoms with Crippen LogP contribution < -0.4 is 14.2 Å². The maximum absolute atomic E-state index is 14.2. The normalized spacial score (nSPS) is 15.5. The van der Waals surface area contributed by atoms with Gasteiger partial charge in [0.15, 0.2) is 16.5 Å². The first-order valence-corrected chi connectivity index (χ1v) is 12.6. The summed E-state index contributed by atoms with van der Waals surface area (Å²) in [6.07, 6.45) is 1.72. The molecule has 0 saturated carbocycles. The van der Waals surface area contributed by atoms with E-state index in [1.165, 1.54) is 17.4 Å². The van der Waals surface area contributed by atoms with Crippen LogP contribution in [0.4, 0.5) is 4.39 Å². The van der Waals surface area contributed by atoms with Crippen LogP contribution in [0.25, 0.3) is 21.8 Å². The number of benzene rings is 2. The summed E-state index contributed by atoms with van der Waals surface area (Å²) in [6, 6.07) is 11.8. The molecule has 5 rings (SSSR count). The van der Waals surface area contributed by atoms with Crippen LogP contribution in [-0.4, -0.2) is 65.6 Å². The number of halogens is 1. The predicted octanol–water partition coefficient (Wildman–Crippen LogP) is 4.78. The molecule has 1 aliphatic rings. The van der Waals surface area contributed by atoms with E-state index < -0.39 is 0 Å². The standard InChI is InChI=1S/C26H26FN5O4S/c1-34-21-11-16(12-22(35-2)23(21)36-3)19-13-20(29-28-19)26(33)32-10-6-7-15(14-32)24-30-31-25(37-24)17-8-4-5-9-18(17)27/h4-5,8-9,11-13,15H,6-7,10,14H2,1-3H3,(H,28,29). The Morgan fingerprint density at radius 1 is 1.08 bits per heavy atom. The number of likely N-dealkylation sites (tertiary alicyclic amines) is 1. The van der Waals surface area contributed by atoms with E-state index in [4.69, 9.17) is 14.2 Å². The highest BCUT2D eigenvalue weighted by Gasteiger charge is 2.29. The zero-order valence-electron chi connectivity index (χ0n) is 20.7. The van der Waals surface area contributed by atoms with E-state index in [0.29, 0.717) is 52.3 Å². The molecule has 1 saturated heterocycles. The topological polar surface area (TPSA) is 102 Å². The van der Waals surface area contributed by atoms with Crippen LogP contribution in [0.2, 0.25) is 0 Å². The van der Waals surface area contributed by atoms with Crippen molar-refractivity contribution in [2.24, 2.45) is 0 Å². The molecule has 2 aromatic heterocycles. The number of rotatable bonds is 7. The zero-order valence-corrected chi connectivity index (χ0v) is 21.5. The Balaban J connectivity index is 1.33. The van der Waals surface area contributed by atoms with Crippen LogP contribution >= 0.6 is 11.3 Å². The van der Waals surface area contributed by atoms with Crippen molar-refractivity contribution in [2.75, 3.05) is 34.4 Å². The number of hydrogen-bond donors (Lipinski definition) is 1. The molecule has 11 heteroatoms. The summed E-state index contributed by atoms with van der Waals surface area (Å²) in [5.41, 5.74) is 2.12. The Bertz CT molecular complexity index is 1400. The van der Waals surface area contributed by atoms with Crippen LogP contribution in [0.1, 0.15) is 34.3 Å². The second-order valence-electron chi connectivity index (χ2n) is 8.60. The van der Waals surface area contributed by atoms with Crippen molar-refractivity contribution in [1.82, 2.24) is 25.3 Å². The van der Waals surface area contributed by atoms with Crippen LogP contribution in [-0.2, 0) is 0 Å². The van der Waals surface area contributed by atoms with Crippen molar-refractivity contribution >= 4 is 17.2 Å². The first kappa shape index (κ1) is 24.7. The first-order valence-electron chi connectivity index (χ1n) is 11.8. The fourth-order valence-corrected chi connectivity index (χ4v) is 5.48. The Kier molecular flexibility index (Phi) is 7.04. The fraction of sp³-hybridized carbons (Fsp3) is 0.308. The Morgan fingerprint density at radius 2 is 1.84 bits per heavy atom. The number of ether oxygens (including phenoxy) is 3. The average molecular weight is 524 g/mol. The summed E-state index contributed by atoms with van der Waals surface area (Å²) in [6.45, 7) is 1.14. The zero-order chi connectivity index (χ0) is 25.9. The Hall–Kier alpha value is -3.99. The third-order valence-corrected chi connectivity index (χ3v) is 7.49. The number of aromatic nitrogens is 4. The van der Waals surface area contributed by atoms with Crippen molar-refractivity contribution in [3.8, 4) is 39.1 Å². The molecule has 37 heavy (non-hydrogen) atoms. The number of carbonyl (C=O) groups is 1. The number of nitrogens with zero attached hydrogens (tertiary/aromatic N) is 4. The lowest BCUT2D eigenvalue weighted by Crippen LogP contribution is -2.39. The number of hydrogen-bond acceptors (Lipinski definition) is 8. The lowest BCUT2D eigenvalue weighted by Gasteiger charge is -2.31. The molecule has 0 aliphatic carbocycles. The van der Waals surface area contributed by atoms with Crippen molar-refractivity contribution in [3.63, 3.8) is 0 Å². The number of H-pyrrole nitrogens is 1. The van der Waals surface area contributed by atoms with Crippen molar-refractivity contribution < 1.29 is 23.4 Å². The van der Waals surface area contributed by atoms with Gasteiger partial charge in [-0.1, -0.05) is 23.5 Å². The molecule has 0 spiro atoms. The summed E-state index contributed by atoms with van der Waals surface area (Å²) in [7, 11) is 4.63. The van der Waals surface area contributed by atoms with Crippen molar-refractivity contribution in [3.05, 3.63) is 59.0 Å². The Labute approximate surface area is 217 Å². The van der Waals surface area contributed by atoms with Gasteiger partial charge in [0.05, 0.1) is 27.0 Å². The van der Waals surface area contributed by atoms with Gasteiger partial charge in [0.1, 0.15) is 16.5 Å². The summed E-state index contributed by atoms with van der Waals surface area (Å²) in [5.74, 6) is 1.04. The number of piperidine rings is 1. The largest absolute Gasteiger partial charge is 0.493 e. The lowest BCUT2D eigenvalue weighted by molar-refractivity contribution is 0.0701. The van der Waals surface area contributed by atoms with E-state index in [1.807, 2.05) is 0 Å². The molecule has 2 aromatic carbocycles. The molecule has 9 nitrogen and oxygen atoms in total. The maximum Gasteiger partial charge on any atom is 0.271 e. The summed E-state index contributed by atoms with van der Waals surface area (Å²) in [4.78, 5) is 15.1. The average Bonchev–Trinajstić information content (AvgIpc) is 3.63. The summed E-state index contributed by atoms with van der Waals surface area (Å²) in [5, 5.41) is 17.1. The molecule has 1 aliphatic heterocycles. The van der Waals surface area contributed by atoms with Crippen molar-refractivity contribution in [2.45, 2.75) is 18.8 Å². The van der Waals surface area contributed by atoms with Gasteiger partial charge in [0.2, 0.25) is 5.75 Å². The molecule has 1 fully saturated rings. The SMILES string of the molecule is COc1cc(-c2cc(C(=O)N3CCCC(c4nnc(-c5ccccc5F)s4)C3)[nH]n2)cc(OC)c1OC. The van der Waals surface area contributed by atoms with Gasteiger partial charge in [0, 0.05) is 30.1 Å². The van der Waals surface area contributed by atoms with Gasteiger partial charge in [-0.3, -0.25) is 9.89 Å². The van der Waals surface area contributed by atoms with Gasteiger partial charge in [-0.2, -0.15) is 5.10 Å². The number of aromatic amines is 1. The van der Waals surface area contributed by atoms with E-state index in [2.05, 4.69) is 20.4 Å². The van der Waals surface area contributed by atoms with E-state index in [-0.39, 0.29) is 17.6 Å². The van der Waals surface area contributed by atoms with E-state index in [0.717, 1.165) is 23.4 Å². The summed E-state index contributed by atoms with van der Waals surface area (Å²) < 4.78 is 30.4. The van der Waals surface area contributed by atoms with Gasteiger partial charge in [-0.15, -0.1) is 10.2 Å². The highest BCUT2D eigenvalue weighted by Crippen LogP contribution is 2.41. The van der Waals surface area contributed by atoms with Crippen LogP contribution in [0, 0.1) is 5.82 Å². The summed E-state index contributed by atoms with van der Waals surface area (Å²) >= 11 is 1.37. The molecule has 0 bridgehead atoms. The molecule has 1 unspecified atom stereocenters. The molecule has 192 valence electrons. The third-order valence-electron chi connectivity index (χ3n) is 6.37. The first-order chi connectivity index (χ1) is 18.0. The minimum atomic E-state index is -0.326. The maximum atomic E-state index is 14.2. The van der Waals surface area contributed by atoms with E-state index in [9.17, 15) is 9.18 Å². The second-order valence-corrected chi connectivity index (χ2v) is 9.61. The van der Waals surface area contributed by atoms with Gasteiger partial charge >= 0.3 is 0 Å². The molecule has 1 N–H and O–H groups in total. The molecule has 4 aromatic rings. The number of amides is 1. The lowest BCUT2D eigenvalue weighted by atomic mass is 9.98.